The van der Waals surface area contributed by atoms with Crippen LogP contribution < -0.4 is 0 Å². The summed E-state index contributed by atoms with van der Waals surface area (Å²) < 4.78 is 0. The van der Waals surface area contributed by atoms with Gasteiger partial charge >= 0.3 is 0 Å². The number of rotatable bonds is 3. The largest absolute Gasteiger partial charge is 0.237 e. The predicted molar refractivity (Wildman–Crippen MR) is 193 cm³/mol. The van der Waals surface area contributed by atoms with Gasteiger partial charge in [0.15, 0.2) is 5.82 Å². The van der Waals surface area contributed by atoms with Crippen molar-refractivity contribution in [3.05, 3.63) is 158 Å². The van der Waals surface area contributed by atoms with Gasteiger partial charge < -0.3 is 0 Å². The summed E-state index contributed by atoms with van der Waals surface area (Å²) in [7, 11) is 0. The van der Waals surface area contributed by atoms with E-state index in [9.17, 15) is 0 Å². The minimum atomic E-state index is 0.742. The highest BCUT2D eigenvalue weighted by Crippen LogP contribution is 2.53. The average Bonchev–Trinajstić information content (AvgIpc) is 3.46. The third-order valence-corrected chi connectivity index (χ3v) is 9.68. The molecule has 0 saturated carbocycles. The van der Waals surface area contributed by atoms with Crippen LogP contribution in [0.4, 0.5) is 0 Å². The SMILES string of the molecule is c1cnc(-c2ccc3c(-c4cccc(-c5ccc6c7c(cc8ccccc8c57)-c5ccc7ccccc7c5-6)c4)cccc3c2)nc1. The summed E-state index contributed by atoms with van der Waals surface area (Å²) in [6.07, 6.45) is 3.58. The van der Waals surface area contributed by atoms with E-state index in [0.29, 0.717) is 0 Å². The van der Waals surface area contributed by atoms with Gasteiger partial charge in [0.05, 0.1) is 0 Å². The molecular formula is C44H26N2. The van der Waals surface area contributed by atoms with Gasteiger partial charge in [0.25, 0.3) is 0 Å². The molecule has 46 heavy (non-hydrogen) atoms. The molecule has 1 aliphatic rings. The van der Waals surface area contributed by atoms with Crippen LogP contribution in [-0.4, -0.2) is 9.97 Å². The maximum absolute atomic E-state index is 4.46. The first-order valence-corrected chi connectivity index (χ1v) is 15.7. The third kappa shape index (κ3) is 3.65. The van der Waals surface area contributed by atoms with Gasteiger partial charge in [0, 0.05) is 18.0 Å². The fourth-order valence-corrected chi connectivity index (χ4v) is 7.66. The lowest BCUT2D eigenvalue weighted by Gasteiger charge is -2.15. The lowest BCUT2D eigenvalue weighted by atomic mass is 9.88. The number of hydrogen-bond donors (Lipinski definition) is 0. The van der Waals surface area contributed by atoms with Crippen LogP contribution in [0.2, 0.25) is 0 Å². The quantitative estimate of drug-likeness (QED) is 0.194. The molecule has 0 fully saturated rings. The first kappa shape index (κ1) is 25.2. The van der Waals surface area contributed by atoms with Gasteiger partial charge in [-0.1, -0.05) is 121 Å². The summed E-state index contributed by atoms with van der Waals surface area (Å²) >= 11 is 0. The van der Waals surface area contributed by atoms with Crippen molar-refractivity contribution in [3.63, 3.8) is 0 Å². The standard InChI is InChI=1S/C44H26N2/c1-3-13-35-27(8-1)16-19-38-40-26-31-9-2-4-14-36(31)42-37(20-21-39(41(35)38)43(40)42)30-11-5-10-28(24-30)33-15-6-12-29-25-32(17-18-34(29)33)44-45-22-7-23-46-44/h1-26H. The monoisotopic (exact) mass is 582 g/mol. The first-order chi connectivity index (χ1) is 22.8. The highest BCUT2D eigenvalue weighted by Gasteiger charge is 2.26. The van der Waals surface area contributed by atoms with Crippen molar-refractivity contribution in [1.29, 1.82) is 0 Å². The Bertz CT molecular complexity index is 2690. The molecule has 0 aliphatic heterocycles. The summed E-state index contributed by atoms with van der Waals surface area (Å²) in [5.41, 5.74) is 11.3. The van der Waals surface area contributed by atoms with Crippen LogP contribution in [0.5, 0.6) is 0 Å². The molecule has 0 N–H and O–H groups in total. The van der Waals surface area contributed by atoms with Crippen LogP contribution in [0.25, 0.3) is 99.0 Å². The van der Waals surface area contributed by atoms with Gasteiger partial charge in [0.1, 0.15) is 0 Å². The van der Waals surface area contributed by atoms with Crippen molar-refractivity contribution in [2.75, 3.05) is 0 Å². The fraction of sp³-hybridized carbons (Fsp3) is 0. The molecule has 10 rings (SSSR count). The van der Waals surface area contributed by atoms with Gasteiger partial charge in [-0.2, -0.15) is 0 Å². The molecule has 0 radical (unpaired) electrons. The van der Waals surface area contributed by atoms with E-state index in [1.165, 1.54) is 87.6 Å². The Hall–Kier alpha value is -6.12. The van der Waals surface area contributed by atoms with Crippen molar-refractivity contribution in [2.45, 2.75) is 0 Å². The van der Waals surface area contributed by atoms with E-state index in [1.54, 1.807) is 12.4 Å². The molecule has 1 aromatic heterocycles. The number of nitrogens with zero attached hydrogens (tertiary/aromatic N) is 2. The van der Waals surface area contributed by atoms with Crippen molar-refractivity contribution >= 4 is 43.1 Å². The topological polar surface area (TPSA) is 25.8 Å². The highest BCUT2D eigenvalue weighted by molar-refractivity contribution is 6.29. The van der Waals surface area contributed by atoms with E-state index < -0.39 is 0 Å². The Morgan fingerprint density at radius 1 is 0.326 bits per heavy atom. The molecule has 0 atom stereocenters. The molecule has 9 aromatic rings. The minimum absolute atomic E-state index is 0.742. The van der Waals surface area contributed by atoms with Crippen LogP contribution in [0.15, 0.2) is 158 Å². The molecule has 1 heterocycles. The smallest absolute Gasteiger partial charge is 0.159 e. The Balaban J connectivity index is 1.19. The van der Waals surface area contributed by atoms with Crippen LogP contribution in [0.3, 0.4) is 0 Å². The molecule has 212 valence electrons. The predicted octanol–water partition coefficient (Wildman–Crippen LogP) is 11.7. The Morgan fingerprint density at radius 2 is 1.02 bits per heavy atom. The summed E-state index contributed by atoms with van der Waals surface area (Å²) in [6, 6.07) is 53.3. The van der Waals surface area contributed by atoms with E-state index in [0.717, 1.165) is 11.4 Å². The van der Waals surface area contributed by atoms with Gasteiger partial charge in [-0.25, -0.2) is 9.97 Å². The molecule has 0 bridgehead atoms. The van der Waals surface area contributed by atoms with Crippen molar-refractivity contribution in [1.82, 2.24) is 9.97 Å². The summed E-state index contributed by atoms with van der Waals surface area (Å²) in [4.78, 5) is 8.92. The van der Waals surface area contributed by atoms with E-state index in [4.69, 9.17) is 0 Å². The van der Waals surface area contributed by atoms with Crippen LogP contribution in [-0.2, 0) is 0 Å². The molecule has 0 unspecified atom stereocenters. The zero-order valence-corrected chi connectivity index (χ0v) is 24.9. The van der Waals surface area contributed by atoms with Crippen molar-refractivity contribution in [3.8, 4) is 55.9 Å². The lowest BCUT2D eigenvalue weighted by molar-refractivity contribution is 1.18. The maximum Gasteiger partial charge on any atom is 0.159 e. The van der Waals surface area contributed by atoms with E-state index in [1.807, 2.05) is 6.07 Å². The zero-order valence-electron chi connectivity index (χ0n) is 24.9. The Labute approximate surface area is 266 Å². The Morgan fingerprint density at radius 3 is 1.91 bits per heavy atom. The van der Waals surface area contributed by atoms with Gasteiger partial charge in [0.2, 0.25) is 0 Å². The number of fused-ring (bicyclic) bond motifs is 8. The van der Waals surface area contributed by atoms with Crippen molar-refractivity contribution < 1.29 is 0 Å². The molecule has 0 amide bonds. The summed E-state index contributed by atoms with van der Waals surface area (Å²) in [5.74, 6) is 0.742. The zero-order chi connectivity index (χ0) is 30.2. The second-order valence-corrected chi connectivity index (χ2v) is 12.2. The molecular weight excluding hydrogens is 556 g/mol. The lowest BCUT2D eigenvalue weighted by Crippen LogP contribution is -1.89. The minimum Gasteiger partial charge on any atom is -0.237 e. The molecule has 0 saturated heterocycles. The second kappa shape index (κ2) is 9.69. The van der Waals surface area contributed by atoms with Gasteiger partial charge in [-0.05, 0) is 112 Å². The van der Waals surface area contributed by atoms with Crippen LogP contribution in [0.1, 0.15) is 0 Å². The first-order valence-electron chi connectivity index (χ1n) is 15.7. The Kier molecular flexibility index (Phi) is 5.31. The molecule has 2 heteroatoms. The maximum atomic E-state index is 4.46. The second-order valence-electron chi connectivity index (χ2n) is 12.2. The third-order valence-electron chi connectivity index (χ3n) is 9.68. The molecule has 0 spiro atoms. The summed E-state index contributed by atoms with van der Waals surface area (Å²) in [6.45, 7) is 0. The van der Waals surface area contributed by atoms with E-state index in [-0.39, 0.29) is 0 Å². The van der Waals surface area contributed by atoms with Crippen LogP contribution in [0, 0.1) is 0 Å². The molecule has 1 aliphatic carbocycles. The molecule has 8 aromatic carbocycles. The van der Waals surface area contributed by atoms with Gasteiger partial charge in [-0.15, -0.1) is 0 Å². The van der Waals surface area contributed by atoms with Crippen molar-refractivity contribution in [2.24, 2.45) is 0 Å². The van der Waals surface area contributed by atoms with Gasteiger partial charge in [-0.3, -0.25) is 0 Å². The van der Waals surface area contributed by atoms with E-state index >= 15 is 0 Å². The average molecular weight is 583 g/mol. The number of benzene rings is 8. The highest BCUT2D eigenvalue weighted by atomic mass is 14.8. The normalized spacial score (nSPS) is 11.9. The summed E-state index contributed by atoms with van der Waals surface area (Å²) in [5, 5.41) is 10.2. The molecule has 2 nitrogen and oxygen atoms in total. The van der Waals surface area contributed by atoms with E-state index in [2.05, 4.69) is 149 Å². The van der Waals surface area contributed by atoms with Crippen LogP contribution >= 0.6 is 0 Å². The number of hydrogen-bond acceptors (Lipinski definition) is 2. The number of aromatic nitrogens is 2. The fourth-order valence-electron chi connectivity index (χ4n) is 7.66.